The maximum atomic E-state index is 5.12. The highest BCUT2D eigenvalue weighted by molar-refractivity contribution is 4.67. The highest BCUT2D eigenvalue weighted by Gasteiger charge is 2.15. The molecule has 3 nitrogen and oxygen atoms in total. The lowest BCUT2D eigenvalue weighted by molar-refractivity contribution is 0.0248. The minimum Gasteiger partial charge on any atom is -0.499 e. The normalized spacial score (nSPS) is 25.9. The third kappa shape index (κ3) is 2.37. The fraction of sp³-hybridized carbons (Fsp3) is 0.714. The van der Waals surface area contributed by atoms with E-state index in [2.05, 4.69) is 0 Å². The zero-order chi connectivity index (χ0) is 7.23. The molecule has 0 N–H and O–H groups in total. The van der Waals surface area contributed by atoms with Crippen LogP contribution in [-0.4, -0.2) is 26.1 Å². The van der Waals surface area contributed by atoms with E-state index in [1.54, 1.807) is 6.26 Å². The average molecular weight is 144 g/mol. The molecule has 0 spiro atoms. The van der Waals surface area contributed by atoms with Gasteiger partial charge in [-0.2, -0.15) is 0 Å². The van der Waals surface area contributed by atoms with Crippen molar-refractivity contribution in [1.82, 2.24) is 0 Å². The third-order valence-corrected chi connectivity index (χ3v) is 1.21. The van der Waals surface area contributed by atoms with Crippen molar-refractivity contribution in [3.05, 3.63) is 12.3 Å². The van der Waals surface area contributed by atoms with E-state index in [0.29, 0.717) is 20.0 Å². The SMILES string of the molecule is C/C=C/OCC1COCO1. The highest BCUT2D eigenvalue weighted by atomic mass is 16.7. The summed E-state index contributed by atoms with van der Waals surface area (Å²) in [6, 6.07) is 0. The van der Waals surface area contributed by atoms with Crippen molar-refractivity contribution >= 4 is 0 Å². The van der Waals surface area contributed by atoms with E-state index >= 15 is 0 Å². The Morgan fingerprint density at radius 1 is 1.70 bits per heavy atom. The molecule has 58 valence electrons. The Morgan fingerprint density at radius 2 is 2.60 bits per heavy atom. The minimum atomic E-state index is 0.121. The number of ether oxygens (including phenoxy) is 3. The topological polar surface area (TPSA) is 27.7 Å². The van der Waals surface area contributed by atoms with Crippen molar-refractivity contribution in [2.45, 2.75) is 13.0 Å². The summed E-state index contributed by atoms with van der Waals surface area (Å²) in [6.45, 7) is 3.55. The van der Waals surface area contributed by atoms with Gasteiger partial charge in [0.25, 0.3) is 0 Å². The molecule has 1 saturated heterocycles. The molecule has 0 radical (unpaired) electrons. The first-order valence-corrected chi connectivity index (χ1v) is 3.35. The van der Waals surface area contributed by atoms with Crippen LogP contribution in [-0.2, 0) is 14.2 Å². The smallest absolute Gasteiger partial charge is 0.147 e. The average Bonchev–Trinajstić information content (AvgIpc) is 2.41. The number of hydrogen-bond acceptors (Lipinski definition) is 3. The molecule has 1 fully saturated rings. The first kappa shape index (κ1) is 7.57. The van der Waals surface area contributed by atoms with Gasteiger partial charge in [-0.3, -0.25) is 0 Å². The molecule has 1 unspecified atom stereocenters. The third-order valence-electron chi connectivity index (χ3n) is 1.21. The Labute approximate surface area is 60.6 Å². The maximum Gasteiger partial charge on any atom is 0.147 e. The molecule has 1 aliphatic rings. The molecule has 10 heavy (non-hydrogen) atoms. The van der Waals surface area contributed by atoms with Gasteiger partial charge in [-0.15, -0.1) is 0 Å². The minimum absolute atomic E-state index is 0.121. The molecule has 0 aliphatic carbocycles. The molecular formula is C7H12O3. The van der Waals surface area contributed by atoms with E-state index in [4.69, 9.17) is 14.2 Å². The van der Waals surface area contributed by atoms with E-state index < -0.39 is 0 Å². The summed E-state index contributed by atoms with van der Waals surface area (Å²) < 4.78 is 15.2. The monoisotopic (exact) mass is 144 g/mol. The molecule has 1 aliphatic heterocycles. The summed E-state index contributed by atoms with van der Waals surface area (Å²) in [5.74, 6) is 0. The van der Waals surface area contributed by atoms with Crippen molar-refractivity contribution in [3.63, 3.8) is 0 Å². The second-order valence-electron chi connectivity index (χ2n) is 2.08. The standard InChI is InChI=1S/C7H12O3/c1-2-3-8-4-7-5-9-6-10-7/h2-3,7H,4-6H2,1H3/b3-2+. The van der Waals surface area contributed by atoms with E-state index in [0.717, 1.165) is 0 Å². The first-order valence-electron chi connectivity index (χ1n) is 3.35. The molecule has 0 saturated carbocycles. The van der Waals surface area contributed by atoms with Gasteiger partial charge in [0.2, 0.25) is 0 Å². The maximum absolute atomic E-state index is 5.12. The lowest BCUT2D eigenvalue weighted by Gasteiger charge is -2.04. The molecule has 0 bridgehead atoms. The van der Waals surface area contributed by atoms with Crippen LogP contribution < -0.4 is 0 Å². The number of allylic oxidation sites excluding steroid dienone is 1. The second-order valence-corrected chi connectivity index (χ2v) is 2.08. The molecule has 3 heteroatoms. The van der Waals surface area contributed by atoms with Crippen LogP contribution in [0.3, 0.4) is 0 Å². The van der Waals surface area contributed by atoms with Gasteiger partial charge in [0.15, 0.2) is 0 Å². The van der Waals surface area contributed by atoms with Crippen LogP contribution in [0.25, 0.3) is 0 Å². The van der Waals surface area contributed by atoms with Crippen molar-refractivity contribution in [2.24, 2.45) is 0 Å². The molecule has 0 aromatic rings. The molecule has 1 heterocycles. The number of rotatable bonds is 3. The summed E-state index contributed by atoms with van der Waals surface area (Å²) >= 11 is 0. The van der Waals surface area contributed by atoms with Crippen molar-refractivity contribution in [1.29, 1.82) is 0 Å². The summed E-state index contributed by atoms with van der Waals surface area (Å²) in [6.07, 6.45) is 3.62. The van der Waals surface area contributed by atoms with Crippen LogP contribution in [0.2, 0.25) is 0 Å². The van der Waals surface area contributed by atoms with Crippen molar-refractivity contribution < 1.29 is 14.2 Å². The van der Waals surface area contributed by atoms with Gasteiger partial charge in [-0.05, 0) is 6.92 Å². The summed E-state index contributed by atoms with van der Waals surface area (Å²) in [7, 11) is 0. The summed E-state index contributed by atoms with van der Waals surface area (Å²) in [5.41, 5.74) is 0. The van der Waals surface area contributed by atoms with Crippen LogP contribution >= 0.6 is 0 Å². The van der Waals surface area contributed by atoms with Gasteiger partial charge in [-0.1, -0.05) is 6.08 Å². The lowest BCUT2D eigenvalue weighted by Crippen LogP contribution is -2.15. The fourth-order valence-electron chi connectivity index (χ4n) is 0.727. The lowest BCUT2D eigenvalue weighted by atomic mass is 10.4. The Balaban J connectivity index is 2.01. The van der Waals surface area contributed by atoms with E-state index in [-0.39, 0.29) is 6.10 Å². The predicted octanol–water partition coefficient (Wildman–Crippen LogP) is 0.909. The van der Waals surface area contributed by atoms with E-state index in [9.17, 15) is 0 Å². The molecule has 1 atom stereocenters. The van der Waals surface area contributed by atoms with Gasteiger partial charge in [-0.25, -0.2) is 0 Å². The van der Waals surface area contributed by atoms with Gasteiger partial charge in [0.05, 0.1) is 12.9 Å². The van der Waals surface area contributed by atoms with Crippen LogP contribution in [0.1, 0.15) is 6.92 Å². The zero-order valence-electron chi connectivity index (χ0n) is 6.08. The Kier molecular flexibility index (Phi) is 3.26. The zero-order valence-corrected chi connectivity index (χ0v) is 6.08. The first-order chi connectivity index (χ1) is 4.93. The molecule has 0 aromatic carbocycles. The van der Waals surface area contributed by atoms with Crippen LogP contribution in [0.4, 0.5) is 0 Å². The Bertz CT molecular complexity index is 105. The van der Waals surface area contributed by atoms with Gasteiger partial charge in [0.1, 0.15) is 19.5 Å². The predicted molar refractivity (Wildman–Crippen MR) is 36.5 cm³/mol. The highest BCUT2D eigenvalue weighted by Crippen LogP contribution is 2.02. The van der Waals surface area contributed by atoms with E-state index in [1.807, 2.05) is 13.0 Å². The Hall–Kier alpha value is -0.540. The van der Waals surface area contributed by atoms with Gasteiger partial charge >= 0.3 is 0 Å². The molecular weight excluding hydrogens is 132 g/mol. The summed E-state index contributed by atoms with van der Waals surface area (Å²) in [4.78, 5) is 0. The quantitative estimate of drug-likeness (QED) is 0.551. The second kappa shape index (κ2) is 4.30. The summed E-state index contributed by atoms with van der Waals surface area (Å²) in [5, 5.41) is 0. The van der Waals surface area contributed by atoms with Crippen molar-refractivity contribution in [2.75, 3.05) is 20.0 Å². The van der Waals surface area contributed by atoms with Crippen LogP contribution in [0.5, 0.6) is 0 Å². The van der Waals surface area contributed by atoms with Gasteiger partial charge < -0.3 is 14.2 Å². The molecule has 0 amide bonds. The largest absolute Gasteiger partial charge is 0.499 e. The van der Waals surface area contributed by atoms with Crippen molar-refractivity contribution in [3.8, 4) is 0 Å². The van der Waals surface area contributed by atoms with Crippen LogP contribution in [0.15, 0.2) is 12.3 Å². The van der Waals surface area contributed by atoms with Crippen LogP contribution in [0, 0.1) is 0 Å². The molecule has 0 aromatic heterocycles. The van der Waals surface area contributed by atoms with E-state index in [1.165, 1.54) is 0 Å². The fourth-order valence-corrected chi connectivity index (χ4v) is 0.727. The van der Waals surface area contributed by atoms with Gasteiger partial charge in [0, 0.05) is 0 Å². The Morgan fingerprint density at radius 3 is 3.20 bits per heavy atom. The molecule has 1 rings (SSSR count). The number of hydrogen-bond donors (Lipinski definition) is 0.